The lowest BCUT2D eigenvalue weighted by Crippen LogP contribution is -2.45. The van der Waals surface area contributed by atoms with E-state index in [1.165, 1.54) is 0 Å². The molecule has 3 N–H and O–H groups in total. The second-order valence-electron chi connectivity index (χ2n) is 4.85. The van der Waals surface area contributed by atoms with Crippen LogP contribution in [0, 0.1) is 11.3 Å². The molecule has 0 bridgehead atoms. The molecule has 1 aliphatic heterocycles. The molecule has 102 valence electrons. The van der Waals surface area contributed by atoms with Crippen LogP contribution in [0.5, 0.6) is 0 Å². The largest absolute Gasteiger partial charge is 0.397 e. The van der Waals surface area contributed by atoms with Gasteiger partial charge in [-0.05, 0) is 13.1 Å². The fraction of sp³-hybridized carbons (Fsp3) is 0.538. The Bertz CT molecular complexity index is 459. The molecule has 0 saturated carbocycles. The number of nitrogens with two attached hydrogens (primary N) is 1. The molecule has 0 aliphatic carbocycles. The van der Waals surface area contributed by atoms with Gasteiger partial charge in [-0.25, -0.2) is 4.98 Å². The summed E-state index contributed by atoms with van der Waals surface area (Å²) in [6, 6.07) is 3.75. The maximum absolute atomic E-state index is 9.02. The second kappa shape index (κ2) is 6.36. The van der Waals surface area contributed by atoms with Crippen LogP contribution in [0.3, 0.4) is 0 Å². The highest BCUT2D eigenvalue weighted by molar-refractivity contribution is 5.57. The Hall–Kier alpha value is -1.84. The highest BCUT2D eigenvalue weighted by atomic mass is 15.2. The number of aromatic nitrogens is 1. The standard InChI is InChI=1S/C13H20N6/c1-18-4-6-19(7-5-18)3-2-16-13-11(9-14)8-12(15)10-17-13/h8,10H,2-7,15H2,1H3,(H,16,17). The van der Waals surface area contributed by atoms with Crippen molar-refractivity contribution in [3.63, 3.8) is 0 Å². The SMILES string of the molecule is CN1CCN(CCNc2ncc(N)cc2C#N)CC1. The van der Waals surface area contributed by atoms with Gasteiger partial charge in [0, 0.05) is 39.3 Å². The van der Waals surface area contributed by atoms with Crippen molar-refractivity contribution in [3.05, 3.63) is 17.8 Å². The number of hydrogen-bond acceptors (Lipinski definition) is 6. The smallest absolute Gasteiger partial charge is 0.144 e. The molecule has 1 aliphatic rings. The molecule has 1 saturated heterocycles. The molecule has 1 aromatic heterocycles. The van der Waals surface area contributed by atoms with Gasteiger partial charge in [0.2, 0.25) is 0 Å². The summed E-state index contributed by atoms with van der Waals surface area (Å²) >= 11 is 0. The number of anilines is 2. The third kappa shape index (κ3) is 3.81. The molecule has 6 nitrogen and oxygen atoms in total. The lowest BCUT2D eigenvalue weighted by Gasteiger charge is -2.32. The van der Waals surface area contributed by atoms with Crippen molar-refractivity contribution < 1.29 is 0 Å². The zero-order chi connectivity index (χ0) is 13.7. The molecule has 0 radical (unpaired) electrons. The lowest BCUT2D eigenvalue weighted by atomic mass is 10.2. The minimum Gasteiger partial charge on any atom is -0.397 e. The number of hydrogen-bond donors (Lipinski definition) is 2. The van der Waals surface area contributed by atoms with E-state index in [0.717, 1.165) is 39.3 Å². The fourth-order valence-corrected chi connectivity index (χ4v) is 2.11. The van der Waals surface area contributed by atoms with Gasteiger partial charge in [-0.3, -0.25) is 4.90 Å². The number of rotatable bonds is 4. The Morgan fingerprint density at radius 3 is 2.84 bits per heavy atom. The second-order valence-corrected chi connectivity index (χ2v) is 4.85. The molecule has 0 amide bonds. The van der Waals surface area contributed by atoms with E-state index in [2.05, 4.69) is 33.2 Å². The minimum atomic E-state index is 0.498. The number of pyridine rings is 1. The molecule has 2 heterocycles. The summed E-state index contributed by atoms with van der Waals surface area (Å²) in [4.78, 5) is 8.90. The van der Waals surface area contributed by atoms with Gasteiger partial charge in [-0.1, -0.05) is 0 Å². The normalized spacial score (nSPS) is 17.1. The van der Waals surface area contributed by atoms with Crippen molar-refractivity contribution in [2.24, 2.45) is 0 Å². The van der Waals surface area contributed by atoms with Gasteiger partial charge in [0.05, 0.1) is 17.4 Å². The molecule has 2 rings (SSSR count). The number of likely N-dealkylation sites (N-methyl/N-ethyl adjacent to an activating group) is 1. The molecule has 1 fully saturated rings. The summed E-state index contributed by atoms with van der Waals surface area (Å²) in [5, 5.41) is 12.2. The van der Waals surface area contributed by atoms with Gasteiger partial charge in [0.1, 0.15) is 11.9 Å². The quantitative estimate of drug-likeness (QED) is 0.804. The highest BCUT2D eigenvalue weighted by Gasteiger charge is 2.13. The van der Waals surface area contributed by atoms with E-state index in [4.69, 9.17) is 11.0 Å². The Balaban J connectivity index is 1.81. The third-order valence-electron chi connectivity index (χ3n) is 3.35. The topological polar surface area (TPSA) is 81.2 Å². The molecule has 19 heavy (non-hydrogen) atoms. The lowest BCUT2D eigenvalue weighted by molar-refractivity contribution is 0.158. The summed E-state index contributed by atoms with van der Waals surface area (Å²) in [7, 11) is 2.15. The predicted octanol–water partition coefficient (Wildman–Crippen LogP) is 0.195. The summed E-state index contributed by atoms with van der Waals surface area (Å²) in [6.07, 6.45) is 1.57. The van der Waals surface area contributed by atoms with Crippen molar-refractivity contribution in [1.29, 1.82) is 5.26 Å². The number of nitriles is 1. The van der Waals surface area contributed by atoms with Crippen LogP contribution in [0.25, 0.3) is 0 Å². The van der Waals surface area contributed by atoms with Gasteiger partial charge < -0.3 is 16.0 Å². The van der Waals surface area contributed by atoms with E-state index in [1.807, 2.05) is 0 Å². The first-order valence-electron chi connectivity index (χ1n) is 6.49. The Morgan fingerprint density at radius 2 is 2.16 bits per heavy atom. The average molecular weight is 260 g/mol. The maximum Gasteiger partial charge on any atom is 0.144 e. The third-order valence-corrected chi connectivity index (χ3v) is 3.35. The number of nitrogen functional groups attached to an aromatic ring is 1. The molecule has 0 aromatic carbocycles. The van der Waals surface area contributed by atoms with Crippen LogP contribution < -0.4 is 11.1 Å². The van der Waals surface area contributed by atoms with Gasteiger partial charge in [-0.2, -0.15) is 5.26 Å². The van der Waals surface area contributed by atoms with Gasteiger partial charge in [0.15, 0.2) is 0 Å². The van der Waals surface area contributed by atoms with E-state index in [-0.39, 0.29) is 0 Å². The summed E-state index contributed by atoms with van der Waals surface area (Å²) in [6.45, 7) is 6.17. The number of nitrogens with one attached hydrogen (secondary N) is 1. The van der Waals surface area contributed by atoms with Crippen LogP contribution in [0.4, 0.5) is 11.5 Å². The molecule has 0 atom stereocenters. The van der Waals surface area contributed by atoms with E-state index >= 15 is 0 Å². The van der Waals surface area contributed by atoms with Crippen molar-refractivity contribution >= 4 is 11.5 Å². The van der Waals surface area contributed by atoms with Crippen LogP contribution in [0.2, 0.25) is 0 Å². The van der Waals surface area contributed by atoms with Crippen molar-refractivity contribution in [1.82, 2.24) is 14.8 Å². The number of nitrogens with zero attached hydrogens (tertiary/aromatic N) is 4. The summed E-state index contributed by atoms with van der Waals surface area (Å²) < 4.78 is 0. The van der Waals surface area contributed by atoms with Crippen LogP contribution >= 0.6 is 0 Å². The van der Waals surface area contributed by atoms with Gasteiger partial charge in [0.25, 0.3) is 0 Å². The Morgan fingerprint density at radius 1 is 1.42 bits per heavy atom. The molecular weight excluding hydrogens is 240 g/mol. The summed E-state index contributed by atoms with van der Waals surface area (Å²) in [5.74, 6) is 0.617. The highest BCUT2D eigenvalue weighted by Crippen LogP contribution is 2.13. The molecule has 6 heteroatoms. The monoisotopic (exact) mass is 260 g/mol. The first kappa shape index (κ1) is 13.6. The zero-order valence-electron chi connectivity index (χ0n) is 11.3. The van der Waals surface area contributed by atoms with Crippen molar-refractivity contribution in [3.8, 4) is 6.07 Å². The maximum atomic E-state index is 9.02. The zero-order valence-corrected chi connectivity index (χ0v) is 11.3. The molecule has 0 spiro atoms. The van der Waals surface area contributed by atoms with Crippen LogP contribution in [0.15, 0.2) is 12.3 Å². The van der Waals surface area contributed by atoms with E-state index < -0.39 is 0 Å². The van der Waals surface area contributed by atoms with Crippen LogP contribution in [0.1, 0.15) is 5.56 Å². The van der Waals surface area contributed by atoms with E-state index in [1.54, 1.807) is 12.3 Å². The first-order chi connectivity index (χ1) is 9.19. The number of piperazine rings is 1. The van der Waals surface area contributed by atoms with Gasteiger partial charge >= 0.3 is 0 Å². The fourth-order valence-electron chi connectivity index (χ4n) is 2.11. The van der Waals surface area contributed by atoms with E-state index in [9.17, 15) is 0 Å². The molecule has 0 unspecified atom stereocenters. The Kier molecular flexibility index (Phi) is 4.55. The van der Waals surface area contributed by atoms with E-state index in [0.29, 0.717) is 17.1 Å². The summed E-state index contributed by atoms with van der Waals surface area (Å²) in [5.41, 5.74) is 6.62. The van der Waals surface area contributed by atoms with Crippen molar-refractivity contribution in [2.45, 2.75) is 0 Å². The Labute approximate surface area is 113 Å². The molecule has 1 aromatic rings. The van der Waals surface area contributed by atoms with Crippen molar-refractivity contribution in [2.75, 3.05) is 57.4 Å². The predicted molar refractivity (Wildman–Crippen MR) is 75.8 cm³/mol. The minimum absolute atomic E-state index is 0.498. The molecular formula is C13H20N6. The first-order valence-corrected chi connectivity index (χ1v) is 6.49. The average Bonchev–Trinajstić information content (AvgIpc) is 2.42. The van der Waals surface area contributed by atoms with Crippen LogP contribution in [-0.4, -0.2) is 61.1 Å². The van der Waals surface area contributed by atoms with Crippen LogP contribution in [-0.2, 0) is 0 Å². The van der Waals surface area contributed by atoms with Gasteiger partial charge in [-0.15, -0.1) is 0 Å².